The molecule has 0 spiro atoms. The number of H-pyrrole nitrogens is 1. The van der Waals surface area contributed by atoms with Crippen LogP contribution >= 0.6 is 11.6 Å². The normalized spacial score (nSPS) is 11.8. The highest BCUT2D eigenvalue weighted by molar-refractivity contribution is 6.18. The number of aromatic nitrogens is 2. The first-order chi connectivity index (χ1) is 16.5. The van der Waals surface area contributed by atoms with E-state index >= 15 is 0 Å². The van der Waals surface area contributed by atoms with Crippen LogP contribution in [0, 0.1) is 5.82 Å². The Morgan fingerprint density at radius 1 is 1.15 bits per heavy atom. The number of nitrogens with zero attached hydrogens (tertiary/aromatic N) is 1. The van der Waals surface area contributed by atoms with Gasteiger partial charge in [-0.3, -0.25) is 9.59 Å². The highest BCUT2D eigenvalue weighted by atomic mass is 35.5. The summed E-state index contributed by atoms with van der Waals surface area (Å²) in [5.41, 5.74) is 0.881. The van der Waals surface area contributed by atoms with Gasteiger partial charge in [0.25, 0.3) is 5.56 Å². The van der Waals surface area contributed by atoms with Gasteiger partial charge in [-0.1, -0.05) is 42.5 Å². The lowest BCUT2D eigenvalue weighted by Gasteiger charge is -2.18. The zero-order valence-corrected chi connectivity index (χ0v) is 19.1. The van der Waals surface area contributed by atoms with Gasteiger partial charge in [0, 0.05) is 19.0 Å². The standard InChI is InChI=1S/C24H26ClFN4O4/c25-10-11-27-20(15-34-14-17-4-2-1-3-5-17)23-29-19(22(32)24(33)30-23)12-21(31)28-13-16-6-8-18(26)9-7-16/h1-9,20,27,32H,10-15H2,(H,28,31)(H,29,30,33). The molecule has 3 rings (SSSR count). The van der Waals surface area contributed by atoms with Gasteiger partial charge in [-0.15, -0.1) is 11.6 Å². The first kappa shape index (κ1) is 25.4. The van der Waals surface area contributed by atoms with Crippen molar-refractivity contribution in [1.29, 1.82) is 0 Å². The number of carbonyl (C=O) groups is 1. The summed E-state index contributed by atoms with van der Waals surface area (Å²) in [5.74, 6) is -0.889. The third-order valence-corrected chi connectivity index (χ3v) is 5.12. The molecule has 1 amide bonds. The number of aromatic amines is 1. The van der Waals surface area contributed by atoms with Crippen molar-refractivity contribution in [3.63, 3.8) is 0 Å². The van der Waals surface area contributed by atoms with Crippen molar-refractivity contribution in [1.82, 2.24) is 20.6 Å². The molecule has 8 nitrogen and oxygen atoms in total. The minimum Gasteiger partial charge on any atom is -0.502 e. The van der Waals surface area contributed by atoms with Gasteiger partial charge in [-0.25, -0.2) is 9.37 Å². The summed E-state index contributed by atoms with van der Waals surface area (Å²) in [5, 5.41) is 16.0. The van der Waals surface area contributed by atoms with Crippen LogP contribution in [-0.4, -0.2) is 40.0 Å². The molecule has 1 heterocycles. The fourth-order valence-corrected chi connectivity index (χ4v) is 3.28. The number of amides is 1. The average Bonchev–Trinajstić information content (AvgIpc) is 2.84. The number of rotatable bonds is 12. The van der Waals surface area contributed by atoms with Crippen molar-refractivity contribution >= 4 is 17.5 Å². The Hall–Kier alpha value is -3.27. The Morgan fingerprint density at radius 2 is 1.88 bits per heavy atom. The molecular formula is C24H26ClFN4O4. The van der Waals surface area contributed by atoms with Crippen LogP contribution in [0.5, 0.6) is 5.75 Å². The number of ether oxygens (including phenoxy) is 1. The maximum absolute atomic E-state index is 13.0. The van der Waals surface area contributed by atoms with Gasteiger partial charge in [-0.05, 0) is 23.3 Å². The molecule has 34 heavy (non-hydrogen) atoms. The van der Waals surface area contributed by atoms with Gasteiger partial charge in [0.2, 0.25) is 11.7 Å². The number of aromatic hydroxyl groups is 1. The van der Waals surface area contributed by atoms with Crippen LogP contribution in [0.25, 0.3) is 0 Å². The minimum absolute atomic E-state index is 0.0592. The Labute approximate surface area is 201 Å². The molecule has 0 aliphatic rings. The Kier molecular flexibility index (Phi) is 9.57. The Balaban J connectivity index is 1.68. The number of nitrogens with one attached hydrogen (secondary N) is 3. The molecule has 0 bridgehead atoms. The number of hydrogen-bond acceptors (Lipinski definition) is 6. The molecule has 180 valence electrons. The lowest BCUT2D eigenvalue weighted by Crippen LogP contribution is -2.32. The zero-order valence-electron chi connectivity index (χ0n) is 18.4. The Bertz CT molecular complexity index is 1130. The summed E-state index contributed by atoms with van der Waals surface area (Å²) in [6.45, 7) is 1.14. The van der Waals surface area contributed by atoms with Crippen LogP contribution in [0.15, 0.2) is 59.4 Å². The summed E-state index contributed by atoms with van der Waals surface area (Å²) in [6.07, 6.45) is -0.308. The molecule has 0 fully saturated rings. The van der Waals surface area contributed by atoms with E-state index in [0.29, 0.717) is 24.6 Å². The number of carbonyl (C=O) groups excluding carboxylic acids is 1. The van der Waals surface area contributed by atoms with Crippen molar-refractivity contribution in [2.24, 2.45) is 0 Å². The summed E-state index contributed by atoms with van der Waals surface area (Å²) in [7, 11) is 0. The molecule has 10 heteroatoms. The number of benzene rings is 2. The van der Waals surface area contributed by atoms with Crippen LogP contribution in [0.3, 0.4) is 0 Å². The van der Waals surface area contributed by atoms with Gasteiger partial charge < -0.3 is 25.5 Å². The van der Waals surface area contributed by atoms with Gasteiger partial charge in [0.15, 0.2) is 0 Å². The largest absolute Gasteiger partial charge is 0.502 e. The maximum Gasteiger partial charge on any atom is 0.293 e. The number of halogens is 2. The minimum atomic E-state index is -0.757. The van der Waals surface area contributed by atoms with Crippen LogP contribution in [-0.2, 0) is 29.1 Å². The lowest BCUT2D eigenvalue weighted by molar-refractivity contribution is -0.120. The third kappa shape index (κ3) is 7.65. The summed E-state index contributed by atoms with van der Waals surface area (Å²) >= 11 is 5.80. The van der Waals surface area contributed by atoms with E-state index in [2.05, 4.69) is 20.6 Å². The van der Waals surface area contributed by atoms with Crippen LogP contribution in [0.1, 0.15) is 28.7 Å². The van der Waals surface area contributed by atoms with Crippen molar-refractivity contribution in [3.05, 3.63) is 93.4 Å². The lowest BCUT2D eigenvalue weighted by atomic mass is 10.2. The van der Waals surface area contributed by atoms with Gasteiger partial charge >= 0.3 is 0 Å². The molecule has 0 aliphatic heterocycles. The van der Waals surface area contributed by atoms with E-state index in [1.807, 2.05) is 30.3 Å². The van der Waals surface area contributed by atoms with E-state index in [0.717, 1.165) is 5.56 Å². The molecule has 4 N–H and O–H groups in total. The molecule has 3 aromatic rings. The topological polar surface area (TPSA) is 116 Å². The van der Waals surface area contributed by atoms with E-state index in [-0.39, 0.29) is 36.9 Å². The van der Waals surface area contributed by atoms with Gasteiger partial charge in [0.1, 0.15) is 11.6 Å². The third-order valence-electron chi connectivity index (χ3n) is 4.93. The average molecular weight is 489 g/mol. The summed E-state index contributed by atoms with van der Waals surface area (Å²) in [4.78, 5) is 31.6. The molecule has 0 aliphatic carbocycles. The fraction of sp³-hybridized carbons (Fsp3) is 0.292. The maximum atomic E-state index is 13.0. The second-order valence-electron chi connectivity index (χ2n) is 7.52. The first-order valence-electron chi connectivity index (χ1n) is 10.7. The van der Waals surface area contributed by atoms with Gasteiger partial charge in [0.05, 0.1) is 31.4 Å². The molecule has 0 saturated heterocycles. The van der Waals surface area contributed by atoms with Crippen molar-refractivity contribution in [3.8, 4) is 5.75 Å². The van der Waals surface area contributed by atoms with E-state index in [1.54, 1.807) is 12.1 Å². The predicted octanol–water partition coefficient (Wildman–Crippen LogP) is 2.56. The second-order valence-corrected chi connectivity index (χ2v) is 7.90. The van der Waals surface area contributed by atoms with Crippen LogP contribution < -0.4 is 16.2 Å². The highest BCUT2D eigenvalue weighted by Gasteiger charge is 2.20. The summed E-state index contributed by atoms with van der Waals surface area (Å²) in [6, 6.07) is 14.8. The fourth-order valence-electron chi connectivity index (χ4n) is 3.17. The first-order valence-corrected chi connectivity index (χ1v) is 11.2. The summed E-state index contributed by atoms with van der Waals surface area (Å²) < 4.78 is 18.8. The van der Waals surface area contributed by atoms with Crippen molar-refractivity contribution in [2.75, 3.05) is 19.0 Å². The van der Waals surface area contributed by atoms with Crippen LogP contribution in [0.2, 0.25) is 0 Å². The molecule has 0 radical (unpaired) electrons. The SMILES string of the molecule is O=C(Cc1nc(C(COCc2ccccc2)NCCCl)[nH]c(=O)c1O)NCc1ccc(F)cc1. The molecule has 1 aromatic heterocycles. The number of hydrogen-bond donors (Lipinski definition) is 4. The second kappa shape index (κ2) is 12.8. The van der Waals surface area contributed by atoms with E-state index < -0.39 is 23.3 Å². The quantitative estimate of drug-likeness (QED) is 0.291. The van der Waals surface area contributed by atoms with E-state index in [1.165, 1.54) is 12.1 Å². The van der Waals surface area contributed by atoms with Crippen LogP contribution in [0.4, 0.5) is 4.39 Å². The van der Waals surface area contributed by atoms with E-state index in [4.69, 9.17) is 16.3 Å². The predicted molar refractivity (Wildman–Crippen MR) is 126 cm³/mol. The van der Waals surface area contributed by atoms with E-state index in [9.17, 15) is 19.1 Å². The smallest absolute Gasteiger partial charge is 0.293 e. The molecular weight excluding hydrogens is 463 g/mol. The Morgan fingerprint density at radius 3 is 2.59 bits per heavy atom. The highest BCUT2D eigenvalue weighted by Crippen LogP contribution is 2.15. The molecule has 1 unspecified atom stereocenters. The zero-order chi connectivity index (χ0) is 24.3. The molecule has 2 aromatic carbocycles. The van der Waals surface area contributed by atoms with Crippen molar-refractivity contribution < 1.29 is 19.0 Å². The van der Waals surface area contributed by atoms with Gasteiger partial charge in [-0.2, -0.15) is 0 Å². The number of alkyl halides is 1. The monoisotopic (exact) mass is 488 g/mol. The molecule has 0 saturated carbocycles. The molecule has 1 atom stereocenters. The van der Waals surface area contributed by atoms with Crippen molar-refractivity contribution in [2.45, 2.75) is 25.6 Å².